The highest BCUT2D eigenvalue weighted by Crippen LogP contribution is 2.28. The van der Waals surface area contributed by atoms with E-state index in [-0.39, 0.29) is 5.91 Å². The van der Waals surface area contributed by atoms with Crippen LogP contribution in [0.2, 0.25) is 0 Å². The first-order valence-electron chi connectivity index (χ1n) is 9.39. The fraction of sp³-hybridized carbons (Fsp3) is 0.550. The van der Waals surface area contributed by atoms with E-state index < -0.39 is 0 Å². The van der Waals surface area contributed by atoms with E-state index in [0.29, 0.717) is 12.0 Å². The van der Waals surface area contributed by atoms with Crippen molar-refractivity contribution in [2.75, 3.05) is 32.7 Å². The number of aromatic amines is 1. The van der Waals surface area contributed by atoms with Gasteiger partial charge in [-0.25, -0.2) is 0 Å². The van der Waals surface area contributed by atoms with Crippen LogP contribution >= 0.6 is 0 Å². The summed E-state index contributed by atoms with van der Waals surface area (Å²) in [6.07, 6.45) is 5.56. The van der Waals surface area contributed by atoms with Crippen LogP contribution in [0.5, 0.6) is 5.75 Å². The minimum absolute atomic E-state index is 0.216. The third-order valence-corrected chi connectivity index (χ3v) is 5.63. The number of nitrogens with zero attached hydrogens (tertiary/aromatic N) is 2. The molecule has 5 nitrogen and oxygen atoms in total. The number of H-pyrrole nitrogens is 1. The van der Waals surface area contributed by atoms with Crippen LogP contribution in [0, 0.1) is 5.92 Å². The fourth-order valence-corrected chi connectivity index (χ4v) is 4.18. The number of carbonyl (C=O) groups is 1. The predicted octanol–water partition coefficient (Wildman–Crippen LogP) is 2.88. The first-order valence-corrected chi connectivity index (χ1v) is 9.39. The average Bonchev–Trinajstić information content (AvgIpc) is 3.26. The van der Waals surface area contributed by atoms with E-state index in [9.17, 15) is 4.79 Å². The number of ether oxygens (including phenoxy) is 1. The number of aromatic nitrogens is 1. The van der Waals surface area contributed by atoms with Gasteiger partial charge < -0.3 is 19.5 Å². The Bertz CT molecular complexity index is 733. The summed E-state index contributed by atoms with van der Waals surface area (Å²) in [7, 11) is 0. The Morgan fingerprint density at radius 3 is 2.80 bits per heavy atom. The van der Waals surface area contributed by atoms with Crippen LogP contribution in [0.1, 0.15) is 26.2 Å². The number of hydrogen-bond donors (Lipinski definition) is 1. The Balaban J connectivity index is 1.27. The van der Waals surface area contributed by atoms with Crippen LogP contribution in [0.15, 0.2) is 30.5 Å². The average molecular weight is 341 g/mol. The molecule has 0 radical (unpaired) electrons. The number of piperidine rings is 1. The van der Waals surface area contributed by atoms with Crippen LogP contribution in [0.3, 0.4) is 0 Å². The van der Waals surface area contributed by atoms with Gasteiger partial charge in [0.15, 0.2) is 0 Å². The highest BCUT2D eigenvalue weighted by Gasteiger charge is 2.28. The summed E-state index contributed by atoms with van der Waals surface area (Å²) in [5, 5.41) is 1.17. The van der Waals surface area contributed by atoms with Crippen molar-refractivity contribution in [2.45, 2.75) is 32.3 Å². The number of nitrogens with one attached hydrogen (secondary N) is 1. The highest BCUT2D eigenvalue weighted by atomic mass is 16.5. The van der Waals surface area contributed by atoms with Crippen molar-refractivity contribution in [3.05, 3.63) is 30.5 Å². The molecule has 134 valence electrons. The summed E-state index contributed by atoms with van der Waals surface area (Å²) in [4.78, 5) is 19.2. The summed E-state index contributed by atoms with van der Waals surface area (Å²) >= 11 is 0. The van der Waals surface area contributed by atoms with E-state index in [2.05, 4.69) is 28.1 Å². The topological polar surface area (TPSA) is 48.6 Å². The van der Waals surface area contributed by atoms with Crippen molar-refractivity contribution in [2.24, 2.45) is 5.92 Å². The van der Waals surface area contributed by atoms with E-state index in [4.69, 9.17) is 4.74 Å². The zero-order valence-electron chi connectivity index (χ0n) is 14.9. The molecule has 1 aromatic heterocycles. The normalized spacial score (nSPS) is 22.6. The lowest BCUT2D eigenvalue weighted by Gasteiger charge is -2.33. The molecule has 1 amide bonds. The molecule has 1 aromatic carbocycles. The van der Waals surface area contributed by atoms with Gasteiger partial charge in [0.2, 0.25) is 5.91 Å². The number of amides is 1. The molecule has 4 rings (SSSR count). The van der Waals surface area contributed by atoms with Gasteiger partial charge in [-0.05, 0) is 43.4 Å². The molecule has 2 fully saturated rings. The Morgan fingerprint density at radius 2 is 2.04 bits per heavy atom. The molecule has 1 unspecified atom stereocenters. The predicted molar refractivity (Wildman–Crippen MR) is 98.7 cm³/mol. The smallest absolute Gasteiger partial charge is 0.219 e. The van der Waals surface area contributed by atoms with Crippen LogP contribution in [0.25, 0.3) is 10.9 Å². The number of likely N-dealkylation sites (tertiary alicyclic amines) is 2. The Hall–Kier alpha value is -2.01. The van der Waals surface area contributed by atoms with Crippen LogP contribution in [0.4, 0.5) is 0 Å². The second-order valence-electron chi connectivity index (χ2n) is 7.43. The van der Waals surface area contributed by atoms with E-state index in [1.165, 1.54) is 5.39 Å². The molecule has 25 heavy (non-hydrogen) atoms. The molecule has 0 saturated carbocycles. The summed E-state index contributed by atoms with van der Waals surface area (Å²) in [5.41, 5.74) is 1.13. The standard InChI is InChI=1S/C20H27N3O2/c1-15(24)23-12-6-16(14-23)13-22-10-7-17(8-11-22)25-20-4-2-3-19-18(20)5-9-21-19/h2-5,9,16-17,21H,6-8,10-14H2,1H3. The third-order valence-electron chi connectivity index (χ3n) is 5.63. The second-order valence-corrected chi connectivity index (χ2v) is 7.43. The first-order chi connectivity index (χ1) is 12.2. The maximum Gasteiger partial charge on any atom is 0.219 e. The maximum atomic E-state index is 11.5. The minimum atomic E-state index is 0.216. The molecule has 1 atom stereocenters. The molecule has 5 heteroatoms. The molecule has 2 aromatic rings. The Kier molecular flexibility index (Phi) is 4.66. The highest BCUT2D eigenvalue weighted by molar-refractivity contribution is 5.85. The Labute approximate surface area is 148 Å². The van der Waals surface area contributed by atoms with Gasteiger partial charge in [0.05, 0.1) is 0 Å². The van der Waals surface area contributed by atoms with Crippen molar-refractivity contribution in [1.29, 1.82) is 0 Å². The van der Waals surface area contributed by atoms with E-state index in [0.717, 1.165) is 63.3 Å². The summed E-state index contributed by atoms with van der Waals surface area (Å²) in [5.74, 6) is 1.84. The lowest BCUT2D eigenvalue weighted by atomic mass is 10.0. The summed E-state index contributed by atoms with van der Waals surface area (Å²) in [6.45, 7) is 6.83. The number of carbonyl (C=O) groups excluding carboxylic acids is 1. The van der Waals surface area contributed by atoms with E-state index in [1.54, 1.807) is 6.92 Å². The SMILES string of the molecule is CC(=O)N1CCC(CN2CCC(Oc3cccc4[nH]ccc34)CC2)C1. The van der Waals surface area contributed by atoms with Crippen molar-refractivity contribution < 1.29 is 9.53 Å². The molecular formula is C20H27N3O2. The number of rotatable bonds is 4. The van der Waals surface area contributed by atoms with Gasteiger partial charge in [-0.15, -0.1) is 0 Å². The lowest BCUT2D eigenvalue weighted by molar-refractivity contribution is -0.127. The number of hydrogen-bond acceptors (Lipinski definition) is 3. The van der Waals surface area contributed by atoms with Crippen molar-refractivity contribution in [1.82, 2.24) is 14.8 Å². The van der Waals surface area contributed by atoms with Gasteiger partial charge in [0, 0.05) is 56.7 Å². The first kappa shape index (κ1) is 16.5. The van der Waals surface area contributed by atoms with Gasteiger partial charge in [0.1, 0.15) is 11.9 Å². The van der Waals surface area contributed by atoms with E-state index in [1.807, 2.05) is 17.2 Å². The third kappa shape index (κ3) is 3.66. The largest absolute Gasteiger partial charge is 0.490 e. The van der Waals surface area contributed by atoms with Gasteiger partial charge in [-0.2, -0.15) is 0 Å². The van der Waals surface area contributed by atoms with Crippen LogP contribution in [-0.2, 0) is 4.79 Å². The maximum absolute atomic E-state index is 11.5. The monoisotopic (exact) mass is 341 g/mol. The Morgan fingerprint density at radius 1 is 1.20 bits per heavy atom. The van der Waals surface area contributed by atoms with Crippen LogP contribution < -0.4 is 4.74 Å². The zero-order valence-corrected chi connectivity index (χ0v) is 14.9. The quantitative estimate of drug-likeness (QED) is 0.930. The molecule has 2 saturated heterocycles. The number of benzene rings is 1. The minimum Gasteiger partial charge on any atom is -0.490 e. The zero-order chi connectivity index (χ0) is 17.2. The molecular weight excluding hydrogens is 314 g/mol. The molecule has 2 aliphatic rings. The molecule has 2 aliphatic heterocycles. The van der Waals surface area contributed by atoms with E-state index >= 15 is 0 Å². The summed E-state index contributed by atoms with van der Waals surface area (Å²) < 4.78 is 6.29. The van der Waals surface area contributed by atoms with Crippen molar-refractivity contribution in [3.63, 3.8) is 0 Å². The van der Waals surface area contributed by atoms with Gasteiger partial charge in [0.25, 0.3) is 0 Å². The van der Waals surface area contributed by atoms with Gasteiger partial charge >= 0.3 is 0 Å². The molecule has 0 spiro atoms. The fourth-order valence-electron chi connectivity index (χ4n) is 4.18. The molecule has 0 bridgehead atoms. The number of fused-ring (bicyclic) bond motifs is 1. The summed E-state index contributed by atoms with van der Waals surface area (Å²) in [6, 6.07) is 8.28. The molecule has 3 heterocycles. The van der Waals surface area contributed by atoms with Crippen LogP contribution in [-0.4, -0.2) is 59.5 Å². The second kappa shape index (κ2) is 7.08. The molecule has 1 N–H and O–H groups in total. The van der Waals surface area contributed by atoms with Crippen molar-refractivity contribution >= 4 is 16.8 Å². The van der Waals surface area contributed by atoms with Gasteiger partial charge in [-0.1, -0.05) is 6.07 Å². The van der Waals surface area contributed by atoms with Crippen molar-refractivity contribution in [3.8, 4) is 5.75 Å². The molecule has 0 aliphatic carbocycles. The van der Waals surface area contributed by atoms with Gasteiger partial charge in [-0.3, -0.25) is 4.79 Å². The lowest BCUT2D eigenvalue weighted by Crippen LogP contribution is -2.41.